The molecule has 0 radical (unpaired) electrons. The first-order valence-corrected chi connectivity index (χ1v) is 8.09. The number of fused-ring (bicyclic) bond motifs is 1. The standard InChI is InChI=1S/C14H16N4O3S/c1-21-14(20)12-8-17(6-7-22-12)9-18-13(19)10-4-2-3-5-11(10)15-16-18/h2-5,12H,6-9H2,1H3/p+1/t12-/m1/s1. The molecule has 1 unspecified atom stereocenters. The Hall–Kier alpha value is -1.93. The maximum atomic E-state index is 12.4. The Bertz CT molecular complexity index is 748. The lowest BCUT2D eigenvalue weighted by molar-refractivity contribution is -0.921. The molecule has 1 aromatic carbocycles. The summed E-state index contributed by atoms with van der Waals surface area (Å²) in [5.41, 5.74) is 0.450. The number of methoxy groups -OCH3 is 1. The molecule has 0 aliphatic carbocycles. The molecule has 2 aromatic rings. The van der Waals surface area contributed by atoms with E-state index in [-0.39, 0.29) is 16.8 Å². The van der Waals surface area contributed by atoms with E-state index in [0.29, 0.717) is 24.1 Å². The minimum Gasteiger partial charge on any atom is -0.468 e. The molecule has 1 aliphatic heterocycles. The van der Waals surface area contributed by atoms with Crippen molar-refractivity contribution in [3.63, 3.8) is 0 Å². The highest BCUT2D eigenvalue weighted by Gasteiger charge is 2.30. The van der Waals surface area contributed by atoms with Gasteiger partial charge in [-0.15, -0.1) is 16.9 Å². The molecule has 0 spiro atoms. The number of nitrogens with one attached hydrogen (secondary N) is 1. The van der Waals surface area contributed by atoms with Gasteiger partial charge in [0.1, 0.15) is 12.1 Å². The molecule has 1 aromatic heterocycles. The Morgan fingerprint density at radius 2 is 2.32 bits per heavy atom. The summed E-state index contributed by atoms with van der Waals surface area (Å²) in [6, 6.07) is 7.16. The highest BCUT2D eigenvalue weighted by molar-refractivity contribution is 8.00. The summed E-state index contributed by atoms with van der Waals surface area (Å²) in [6.45, 7) is 1.90. The summed E-state index contributed by atoms with van der Waals surface area (Å²) in [5.74, 6) is 0.643. The third-order valence-corrected chi connectivity index (χ3v) is 4.92. The van der Waals surface area contributed by atoms with Crippen molar-refractivity contribution >= 4 is 28.6 Å². The van der Waals surface area contributed by atoms with Crippen LogP contribution in [0.1, 0.15) is 0 Å². The Labute approximate surface area is 131 Å². The van der Waals surface area contributed by atoms with Crippen molar-refractivity contribution in [1.82, 2.24) is 15.0 Å². The molecular formula is C14H17N4O3S+. The molecule has 0 saturated carbocycles. The zero-order valence-electron chi connectivity index (χ0n) is 12.2. The first-order valence-electron chi connectivity index (χ1n) is 7.04. The van der Waals surface area contributed by atoms with Gasteiger partial charge in [-0.3, -0.25) is 9.59 Å². The van der Waals surface area contributed by atoms with Crippen molar-refractivity contribution in [2.75, 3.05) is 26.0 Å². The topological polar surface area (TPSA) is 78.5 Å². The van der Waals surface area contributed by atoms with Crippen LogP contribution in [0.3, 0.4) is 0 Å². The molecular weight excluding hydrogens is 304 g/mol. The number of aromatic nitrogens is 3. The van der Waals surface area contributed by atoms with Crippen molar-refractivity contribution in [3.05, 3.63) is 34.6 Å². The lowest BCUT2D eigenvalue weighted by atomic mass is 10.2. The molecule has 0 bridgehead atoms. The summed E-state index contributed by atoms with van der Waals surface area (Å²) in [4.78, 5) is 25.2. The van der Waals surface area contributed by atoms with Crippen molar-refractivity contribution in [3.8, 4) is 0 Å². The lowest BCUT2D eigenvalue weighted by Gasteiger charge is -2.27. The molecule has 2 atom stereocenters. The number of carbonyl (C=O) groups is 1. The molecule has 3 rings (SSSR count). The molecule has 1 fully saturated rings. The maximum Gasteiger partial charge on any atom is 0.324 e. The molecule has 1 N–H and O–H groups in total. The van der Waals surface area contributed by atoms with E-state index in [1.54, 1.807) is 23.9 Å². The zero-order chi connectivity index (χ0) is 15.5. The summed E-state index contributed by atoms with van der Waals surface area (Å²) in [7, 11) is 1.40. The number of hydrogen-bond donors (Lipinski definition) is 1. The summed E-state index contributed by atoms with van der Waals surface area (Å²) < 4.78 is 6.18. The molecule has 1 aliphatic rings. The fourth-order valence-corrected chi connectivity index (χ4v) is 3.81. The number of hydrogen-bond acceptors (Lipinski definition) is 6. The highest BCUT2D eigenvalue weighted by atomic mass is 32.2. The zero-order valence-corrected chi connectivity index (χ0v) is 13.0. The van der Waals surface area contributed by atoms with Gasteiger partial charge in [0.15, 0.2) is 11.9 Å². The van der Waals surface area contributed by atoms with E-state index in [4.69, 9.17) is 4.74 Å². The van der Waals surface area contributed by atoms with Crippen LogP contribution in [-0.2, 0) is 16.2 Å². The van der Waals surface area contributed by atoms with E-state index < -0.39 is 0 Å². The second kappa shape index (κ2) is 6.45. The summed E-state index contributed by atoms with van der Waals surface area (Å²) >= 11 is 1.60. The fourth-order valence-electron chi connectivity index (χ4n) is 2.53. The predicted molar refractivity (Wildman–Crippen MR) is 82.8 cm³/mol. The van der Waals surface area contributed by atoms with Crippen molar-refractivity contribution in [2.24, 2.45) is 0 Å². The molecule has 1 saturated heterocycles. The number of thioether (sulfide) groups is 1. The van der Waals surface area contributed by atoms with Crippen LogP contribution >= 0.6 is 11.8 Å². The van der Waals surface area contributed by atoms with Gasteiger partial charge in [0.2, 0.25) is 0 Å². The summed E-state index contributed by atoms with van der Waals surface area (Å²) in [6.07, 6.45) is 0. The van der Waals surface area contributed by atoms with E-state index in [0.717, 1.165) is 17.2 Å². The smallest absolute Gasteiger partial charge is 0.324 e. The molecule has 116 valence electrons. The molecule has 0 amide bonds. The van der Waals surface area contributed by atoms with Gasteiger partial charge < -0.3 is 9.64 Å². The number of ether oxygens (including phenoxy) is 1. The van der Waals surface area contributed by atoms with Crippen LogP contribution in [0.25, 0.3) is 10.9 Å². The van der Waals surface area contributed by atoms with Crippen molar-refractivity contribution in [2.45, 2.75) is 11.9 Å². The van der Waals surface area contributed by atoms with Crippen LogP contribution in [0.4, 0.5) is 0 Å². The van der Waals surface area contributed by atoms with Crippen LogP contribution in [0.15, 0.2) is 29.1 Å². The minimum atomic E-state index is -0.209. The second-order valence-electron chi connectivity index (χ2n) is 5.16. The van der Waals surface area contributed by atoms with Gasteiger partial charge in [-0.05, 0) is 12.1 Å². The van der Waals surface area contributed by atoms with Gasteiger partial charge in [-0.2, -0.15) is 4.68 Å². The largest absolute Gasteiger partial charge is 0.468 e. The third kappa shape index (κ3) is 2.97. The molecule has 22 heavy (non-hydrogen) atoms. The van der Waals surface area contributed by atoms with E-state index >= 15 is 0 Å². The average molecular weight is 321 g/mol. The molecule has 7 nitrogen and oxygen atoms in total. The average Bonchev–Trinajstić information content (AvgIpc) is 2.57. The van der Waals surface area contributed by atoms with E-state index in [1.807, 2.05) is 12.1 Å². The second-order valence-corrected chi connectivity index (χ2v) is 6.47. The van der Waals surface area contributed by atoms with Crippen molar-refractivity contribution in [1.29, 1.82) is 0 Å². The van der Waals surface area contributed by atoms with Gasteiger partial charge in [0, 0.05) is 5.75 Å². The Kier molecular flexibility index (Phi) is 4.39. The molecule has 2 heterocycles. The quantitative estimate of drug-likeness (QED) is 0.725. The molecule has 8 heteroatoms. The van der Waals surface area contributed by atoms with Crippen LogP contribution in [0.5, 0.6) is 0 Å². The number of benzene rings is 1. The van der Waals surface area contributed by atoms with E-state index in [1.165, 1.54) is 11.8 Å². The van der Waals surface area contributed by atoms with Crippen LogP contribution in [0, 0.1) is 0 Å². The van der Waals surface area contributed by atoms with Crippen LogP contribution in [-0.4, -0.2) is 52.2 Å². The minimum absolute atomic E-state index is 0.147. The third-order valence-electron chi connectivity index (χ3n) is 3.72. The number of carbonyl (C=O) groups excluding carboxylic acids is 1. The van der Waals surface area contributed by atoms with Crippen LogP contribution in [0.2, 0.25) is 0 Å². The van der Waals surface area contributed by atoms with Gasteiger partial charge in [-0.1, -0.05) is 17.3 Å². The highest BCUT2D eigenvalue weighted by Crippen LogP contribution is 2.12. The number of rotatable bonds is 3. The first-order chi connectivity index (χ1) is 10.7. The monoisotopic (exact) mass is 321 g/mol. The maximum absolute atomic E-state index is 12.4. The van der Waals surface area contributed by atoms with Gasteiger partial charge in [0.05, 0.1) is 19.0 Å². The SMILES string of the molecule is COC(=O)[C@H]1C[NH+](Cn2nnc3ccccc3c2=O)CCS1. The van der Waals surface area contributed by atoms with Gasteiger partial charge >= 0.3 is 5.97 Å². The normalized spacial score (nSPS) is 21.7. The number of nitrogens with zero attached hydrogens (tertiary/aromatic N) is 3. The van der Waals surface area contributed by atoms with E-state index in [9.17, 15) is 9.59 Å². The Balaban J connectivity index is 1.80. The van der Waals surface area contributed by atoms with Crippen molar-refractivity contribution < 1.29 is 14.4 Å². The van der Waals surface area contributed by atoms with Crippen LogP contribution < -0.4 is 10.5 Å². The Morgan fingerprint density at radius 1 is 1.50 bits per heavy atom. The first kappa shape index (κ1) is 15.0. The van der Waals surface area contributed by atoms with E-state index in [2.05, 4.69) is 10.3 Å². The fraction of sp³-hybridized carbons (Fsp3) is 0.429. The lowest BCUT2D eigenvalue weighted by Crippen LogP contribution is -3.14. The van der Waals surface area contributed by atoms with Gasteiger partial charge in [-0.25, -0.2) is 0 Å². The summed E-state index contributed by atoms with van der Waals surface area (Å²) in [5, 5.41) is 8.46. The Morgan fingerprint density at radius 3 is 3.14 bits per heavy atom. The predicted octanol–water partition coefficient (Wildman–Crippen LogP) is -1.08. The number of quaternary nitrogens is 1. The van der Waals surface area contributed by atoms with Gasteiger partial charge in [0.25, 0.3) is 5.56 Å². The number of esters is 1.